The van der Waals surface area contributed by atoms with Crippen LogP contribution >= 0.6 is 0 Å². The van der Waals surface area contributed by atoms with Crippen molar-refractivity contribution in [2.24, 2.45) is 11.8 Å². The molecule has 3 atom stereocenters. The van der Waals surface area contributed by atoms with E-state index >= 15 is 0 Å². The Labute approximate surface area is 102 Å². The maximum atomic E-state index is 11.7. The van der Waals surface area contributed by atoms with E-state index in [4.69, 9.17) is 9.47 Å². The Morgan fingerprint density at radius 1 is 1.35 bits per heavy atom. The molecule has 17 heavy (non-hydrogen) atoms. The van der Waals surface area contributed by atoms with Crippen molar-refractivity contribution in [1.29, 1.82) is 0 Å². The van der Waals surface area contributed by atoms with Gasteiger partial charge >= 0.3 is 5.97 Å². The molecule has 0 amide bonds. The van der Waals surface area contributed by atoms with Gasteiger partial charge in [0.05, 0.1) is 19.6 Å². The van der Waals surface area contributed by atoms with E-state index in [2.05, 4.69) is 6.92 Å². The van der Waals surface area contributed by atoms with Crippen LogP contribution in [0.15, 0.2) is 24.3 Å². The fourth-order valence-electron chi connectivity index (χ4n) is 2.48. The summed E-state index contributed by atoms with van der Waals surface area (Å²) in [5.74, 6) is 1.34. The normalized spacial score (nSPS) is 26.4. The first-order valence-corrected chi connectivity index (χ1v) is 6.00. The molecule has 1 aromatic carbocycles. The van der Waals surface area contributed by atoms with E-state index in [9.17, 15) is 4.79 Å². The van der Waals surface area contributed by atoms with Gasteiger partial charge in [-0.3, -0.25) is 4.79 Å². The predicted molar refractivity (Wildman–Crippen MR) is 65.0 cm³/mol. The number of hydrogen-bond acceptors (Lipinski definition) is 3. The number of carbonyl (C=O) groups is 1. The van der Waals surface area contributed by atoms with Gasteiger partial charge in [-0.1, -0.05) is 25.1 Å². The molecule has 0 aromatic heterocycles. The molecular formula is C14H18O3. The van der Waals surface area contributed by atoms with Crippen molar-refractivity contribution in [3.8, 4) is 5.75 Å². The van der Waals surface area contributed by atoms with Crippen LogP contribution in [0.4, 0.5) is 0 Å². The predicted octanol–water partition coefficient (Wildman–Crippen LogP) is 2.61. The summed E-state index contributed by atoms with van der Waals surface area (Å²) < 4.78 is 10.4. The SMILES string of the molecule is CCOC(=O)[C@@H]1C(C)[C@@H]1c1ccccc1OC. The van der Waals surface area contributed by atoms with Crippen molar-refractivity contribution >= 4 is 5.97 Å². The lowest BCUT2D eigenvalue weighted by atomic mass is 10.1. The zero-order chi connectivity index (χ0) is 12.4. The van der Waals surface area contributed by atoms with Crippen LogP contribution in [-0.2, 0) is 9.53 Å². The average Bonchev–Trinajstić information content (AvgIpc) is 3.01. The van der Waals surface area contributed by atoms with Crippen molar-refractivity contribution in [1.82, 2.24) is 0 Å². The Morgan fingerprint density at radius 3 is 2.71 bits per heavy atom. The van der Waals surface area contributed by atoms with E-state index in [1.165, 1.54) is 0 Å². The zero-order valence-corrected chi connectivity index (χ0v) is 10.5. The highest BCUT2D eigenvalue weighted by Crippen LogP contribution is 2.56. The number of ether oxygens (including phenoxy) is 2. The molecule has 3 heteroatoms. The van der Waals surface area contributed by atoms with Crippen LogP contribution in [0.25, 0.3) is 0 Å². The molecule has 3 nitrogen and oxygen atoms in total. The van der Waals surface area contributed by atoms with Gasteiger partial charge in [0.25, 0.3) is 0 Å². The molecule has 0 spiro atoms. The second-order valence-electron chi connectivity index (χ2n) is 4.40. The largest absolute Gasteiger partial charge is 0.496 e. The third kappa shape index (κ3) is 2.14. The smallest absolute Gasteiger partial charge is 0.309 e. The Balaban J connectivity index is 2.17. The molecule has 1 fully saturated rings. The lowest BCUT2D eigenvalue weighted by molar-refractivity contribution is -0.145. The third-order valence-electron chi connectivity index (χ3n) is 3.44. The van der Waals surface area contributed by atoms with Gasteiger partial charge in [0, 0.05) is 5.92 Å². The van der Waals surface area contributed by atoms with Gasteiger partial charge in [-0.2, -0.15) is 0 Å². The van der Waals surface area contributed by atoms with Gasteiger partial charge in [-0.15, -0.1) is 0 Å². The van der Waals surface area contributed by atoms with Gasteiger partial charge in [0.1, 0.15) is 5.75 Å². The average molecular weight is 234 g/mol. The van der Waals surface area contributed by atoms with Crippen LogP contribution in [0.1, 0.15) is 25.3 Å². The van der Waals surface area contributed by atoms with Crippen LogP contribution in [0.3, 0.4) is 0 Å². The topological polar surface area (TPSA) is 35.5 Å². The molecule has 0 radical (unpaired) electrons. The number of methoxy groups -OCH3 is 1. The highest BCUT2D eigenvalue weighted by atomic mass is 16.5. The van der Waals surface area contributed by atoms with Crippen molar-refractivity contribution in [3.05, 3.63) is 29.8 Å². The zero-order valence-electron chi connectivity index (χ0n) is 10.5. The molecule has 1 aliphatic carbocycles. The number of esters is 1. The molecule has 1 saturated carbocycles. The number of benzene rings is 1. The van der Waals surface area contributed by atoms with Crippen molar-refractivity contribution in [3.63, 3.8) is 0 Å². The minimum atomic E-state index is -0.0871. The van der Waals surface area contributed by atoms with Gasteiger partial charge in [0.15, 0.2) is 0 Å². The lowest BCUT2D eigenvalue weighted by Crippen LogP contribution is -2.08. The Morgan fingerprint density at radius 2 is 2.06 bits per heavy atom. The van der Waals surface area contributed by atoms with Gasteiger partial charge in [-0.05, 0) is 24.5 Å². The van der Waals surface area contributed by atoms with E-state index in [1.807, 2.05) is 31.2 Å². The minimum absolute atomic E-state index is 0.00810. The van der Waals surface area contributed by atoms with E-state index < -0.39 is 0 Å². The highest BCUT2D eigenvalue weighted by molar-refractivity contribution is 5.78. The summed E-state index contributed by atoms with van der Waals surface area (Å²) in [5, 5.41) is 0. The standard InChI is InChI=1S/C14H18O3/c1-4-17-14(15)13-9(2)12(13)10-7-5-6-8-11(10)16-3/h5-9,12-13H,4H2,1-3H3/t9?,12-,13-/m1/s1. The molecule has 92 valence electrons. The summed E-state index contributed by atoms with van der Waals surface area (Å²) in [5.41, 5.74) is 1.11. The number of carbonyl (C=O) groups excluding carboxylic acids is 1. The molecular weight excluding hydrogens is 216 g/mol. The van der Waals surface area contributed by atoms with Crippen molar-refractivity contribution in [2.45, 2.75) is 19.8 Å². The van der Waals surface area contributed by atoms with E-state index in [0.717, 1.165) is 11.3 Å². The molecule has 0 bridgehead atoms. The van der Waals surface area contributed by atoms with E-state index in [0.29, 0.717) is 12.5 Å². The number of para-hydroxylation sites is 1. The number of rotatable bonds is 4. The van der Waals surface area contributed by atoms with E-state index in [1.54, 1.807) is 7.11 Å². The van der Waals surface area contributed by atoms with Crippen molar-refractivity contribution in [2.75, 3.05) is 13.7 Å². The summed E-state index contributed by atoms with van der Waals surface area (Å²) >= 11 is 0. The number of hydrogen-bond donors (Lipinski definition) is 0. The van der Waals surface area contributed by atoms with Gasteiger partial charge < -0.3 is 9.47 Å². The monoisotopic (exact) mass is 234 g/mol. The van der Waals surface area contributed by atoms with Crippen molar-refractivity contribution < 1.29 is 14.3 Å². The summed E-state index contributed by atoms with van der Waals surface area (Å²) in [6, 6.07) is 7.88. The summed E-state index contributed by atoms with van der Waals surface area (Å²) in [4.78, 5) is 11.7. The molecule has 0 saturated heterocycles. The minimum Gasteiger partial charge on any atom is -0.496 e. The molecule has 1 unspecified atom stereocenters. The Hall–Kier alpha value is -1.51. The molecule has 2 rings (SSSR count). The third-order valence-corrected chi connectivity index (χ3v) is 3.44. The first-order chi connectivity index (χ1) is 8.20. The molecule has 0 aliphatic heterocycles. The fourth-order valence-corrected chi connectivity index (χ4v) is 2.48. The second-order valence-corrected chi connectivity index (χ2v) is 4.40. The van der Waals surface area contributed by atoms with Gasteiger partial charge in [0.2, 0.25) is 0 Å². The lowest BCUT2D eigenvalue weighted by Gasteiger charge is -2.07. The summed E-state index contributed by atoms with van der Waals surface area (Å²) in [6.45, 7) is 4.36. The Bertz CT molecular complexity index is 414. The first kappa shape index (κ1) is 12.0. The summed E-state index contributed by atoms with van der Waals surface area (Å²) in [7, 11) is 1.66. The van der Waals surface area contributed by atoms with Crippen LogP contribution < -0.4 is 4.74 Å². The van der Waals surface area contributed by atoms with Gasteiger partial charge in [-0.25, -0.2) is 0 Å². The molecule has 0 heterocycles. The van der Waals surface area contributed by atoms with Crippen LogP contribution in [0, 0.1) is 11.8 Å². The highest BCUT2D eigenvalue weighted by Gasteiger charge is 2.54. The van der Waals surface area contributed by atoms with E-state index in [-0.39, 0.29) is 17.8 Å². The maximum Gasteiger partial charge on any atom is 0.309 e. The van der Waals surface area contributed by atoms with Crippen LogP contribution in [0.5, 0.6) is 5.75 Å². The first-order valence-electron chi connectivity index (χ1n) is 6.00. The molecule has 0 N–H and O–H groups in total. The maximum absolute atomic E-state index is 11.7. The fraction of sp³-hybridized carbons (Fsp3) is 0.500. The van der Waals surface area contributed by atoms with Crippen LogP contribution in [0.2, 0.25) is 0 Å². The molecule has 1 aromatic rings. The Kier molecular flexibility index (Phi) is 3.36. The molecule has 1 aliphatic rings. The quantitative estimate of drug-likeness (QED) is 0.751. The summed E-state index contributed by atoms with van der Waals surface area (Å²) in [6.07, 6.45) is 0. The van der Waals surface area contributed by atoms with Crippen LogP contribution in [-0.4, -0.2) is 19.7 Å². The second kappa shape index (κ2) is 4.78.